The highest BCUT2D eigenvalue weighted by molar-refractivity contribution is 7.08. The van der Waals surface area contributed by atoms with Crippen LogP contribution in [0.5, 0.6) is 0 Å². The van der Waals surface area contributed by atoms with Crippen LogP contribution in [0.4, 0.5) is 5.69 Å². The van der Waals surface area contributed by atoms with Crippen molar-refractivity contribution in [3.05, 3.63) is 52.2 Å². The molecule has 1 aliphatic heterocycles. The van der Waals surface area contributed by atoms with Crippen molar-refractivity contribution >= 4 is 28.9 Å². The third kappa shape index (κ3) is 3.76. The van der Waals surface area contributed by atoms with Crippen LogP contribution in [0.2, 0.25) is 0 Å². The minimum Gasteiger partial charge on any atom is -0.465 e. The maximum atomic E-state index is 12.3. The number of piperazine rings is 1. The van der Waals surface area contributed by atoms with Gasteiger partial charge >= 0.3 is 5.97 Å². The second-order valence-electron chi connectivity index (χ2n) is 5.71. The summed E-state index contributed by atoms with van der Waals surface area (Å²) >= 11 is 1.62. The predicted octanol–water partition coefficient (Wildman–Crippen LogP) is 2.43. The first kappa shape index (κ1) is 16.5. The van der Waals surface area contributed by atoms with E-state index >= 15 is 0 Å². The number of anilines is 1. The Hall–Kier alpha value is -2.34. The normalized spacial score (nSPS) is 14.5. The van der Waals surface area contributed by atoms with Crippen LogP contribution in [0.3, 0.4) is 0 Å². The zero-order valence-electron chi connectivity index (χ0n) is 13.6. The van der Waals surface area contributed by atoms with Gasteiger partial charge in [-0.05, 0) is 46.7 Å². The van der Waals surface area contributed by atoms with E-state index in [0.29, 0.717) is 12.0 Å². The second kappa shape index (κ2) is 7.49. The SMILES string of the molecule is COC(=O)c1ccc(N2CCN(C(=O)Cc3ccsc3)CC2)cc1. The lowest BCUT2D eigenvalue weighted by Crippen LogP contribution is -2.49. The van der Waals surface area contributed by atoms with Crippen molar-refractivity contribution in [2.24, 2.45) is 0 Å². The van der Waals surface area contributed by atoms with E-state index in [1.807, 2.05) is 33.9 Å². The molecule has 0 spiro atoms. The summed E-state index contributed by atoms with van der Waals surface area (Å²) in [6, 6.07) is 9.40. The Morgan fingerprint density at radius 1 is 1.08 bits per heavy atom. The first-order valence-electron chi connectivity index (χ1n) is 7.89. The van der Waals surface area contributed by atoms with Gasteiger partial charge in [-0.1, -0.05) is 0 Å². The number of thiophene rings is 1. The van der Waals surface area contributed by atoms with Crippen molar-refractivity contribution in [1.29, 1.82) is 0 Å². The summed E-state index contributed by atoms with van der Waals surface area (Å²) in [5.41, 5.74) is 2.70. The highest BCUT2D eigenvalue weighted by Gasteiger charge is 2.21. The maximum Gasteiger partial charge on any atom is 0.337 e. The highest BCUT2D eigenvalue weighted by atomic mass is 32.1. The number of nitrogens with zero attached hydrogens (tertiary/aromatic N) is 2. The summed E-state index contributed by atoms with van der Waals surface area (Å²) in [4.78, 5) is 28.0. The number of hydrogen-bond acceptors (Lipinski definition) is 5. The van der Waals surface area contributed by atoms with Gasteiger partial charge in [0.1, 0.15) is 0 Å². The zero-order valence-corrected chi connectivity index (χ0v) is 14.4. The average Bonchev–Trinajstić information content (AvgIpc) is 3.14. The van der Waals surface area contributed by atoms with Gasteiger partial charge in [-0.3, -0.25) is 4.79 Å². The standard InChI is InChI=1S/C18H20N2O3S/c1-23-18(22)15-2-4-16(5-3-15)19-7-9-20(10-8-19)17(21)12-14-6-11-24-13-14/h2-6,11,13H,7-10,12H2,1H3. The predicted molar refractivity (Wildman–Crippen MR) is 94.6 cm³/mol. The van der Waals surface area contributed by atoms with E-state index in [-0.39, 0.29) is 11.9 Å². The molecule has 1 fully saturated rings. The molecule has 0 saturated carbocycles. The first-order chi connectivity index (χ1) is 11.7. The number of rotatable bonds is 4. The molecule has 1 aliphatic rings. The molecule has 126 valence electrons. The van der Waals surface area contributed by atoms with E-state index in [1.165, 1.54) is 7.11 Å². The maximum absolute atomic E-state index is 12.3. The van der Waals surface area contributed by atoms with Gasteiger partial charge in [0.05, 0.1) is 19.1 Å². The van der Waals surface area contributed by atoms with Crippen LogP contribution in [0, 0.1) is 0 Å². The molecule has 2 heterocycles. The highest BCUT2D eigenvalue weighted by Crippen LogP contribution is 2.18. The molecular formula is C18H20N2O3S. The Balaban J connectivity index is 1.54. The van der Waals surface area contributed by atoms with Crippen molar-refractivity contribution < 1.29 is 14.3 Å². The summed E-state index contributed by atoms with van der Waals surface area (Å²) in [6.45, 7) is 3.04. The van der Waals surface area contributed by atoms with Crippen molar-refractivity contribution in [1.82, 2.24) is 4.90 Å². The smallest absolute Gasteiger partial charge is 0.337 e. The molecule has 24 heavy (non-hydrogen) atoms. The van der Waals surface area contributed by atoms with Gasteiger partial charge in [-0.15, -0.1) is 0 Å². The summed E-state index contributed by atoms with van der Waals surface area (Å²) in [7, 11) is 1.38. The molecule has 0 N–H and O–H groups in total. The summed E-state index contributed by atoms with van der Waals surface area (Å²) in [5, 5.41) is 4.02. The van der Waals surface area contributed by atoms with Crippen molar-refractivity contribution in [3.8, 4) is 0 Å². The van der Waals surface area contributed by atoms with Crippen LogP contribution in [-0.2, 0) is 16.0 Å². The van der Waals surface area contributed by atoms with Gasteiger partial charge in [-0.25, -0.2) is 4.79 Å². The fourth-order valence-electron chi connectivity index (χ4n) is 2.82. The largest absolute Gasteiger partial charge is 0.465 e. The van der Waals surface area contributed by atoms with E-state index < -0.39 is 0 Å². The van der Waals surface area contributed by atoms with Crippen LogP contribution >= 0.6 is 11.3 Å². The minimum atomic E-state index is -0.328. The first-order valence-corrected chi connectivity index (χ1v) is 8.84. The number of hydrogen-bond donors (Lipinski definition) is 0. The average molecular weight is 344 g/mol. The molecule has 5 nitrogen and oxygen atoms in total. The Kier molecular flexibility index (Phi) is 5.15. The fraction of sp³-hybridized carbons (Fsp3) is 0.333. The monoisotopic (exact) mass is 344 g/mol. The number of methoxy groups -OCH3 is 1. The lowest BCUT2D eigenvalue weighted by molar-refractivity contribution is -0.130. The van der Waals surface area contributed by atoms with Gasteiger partial charge in [0.15, 0.2) is 0 Å². The third-order valence-corrected chi connectivity index (χ3v) is 4.95. The molecule has 1 amide bonds. The Morgan fingerprint density at radius 2 is 1.79 bits per heavy atom. The lowest BCUT2D eigenvalue weighted by Gasteiger charge is -2.36. The summed E-state index contributed by atoms with van der Waals surface area (Å²) < 4.78 is 4.71. The van der Waals surface area contributed by atoms with Gasteiger partial charge in [-0.2, -0.15) is 11.3 Å². The molecule has 0 aliphatic carbocycles. The van der Waals surface area contributed by atoms with Gasteiger partial charge in [0, 0.05) is 31.9 Å². The Bertz CT molecular complexity index is 690. The van der Waals surface area contributed by atoms with Crippen LogP contribution in [0.25, 0.3) is 0 Å². The molecular weight excluding hydrogens is 324 g/mol. The van der Waals surface area contributed by atoms with E-state index in [1.54, 1.807) is 23.5 Å². The molecule has 0 atom stereocenters. The molecule has 1 aromatic heterocycles. The minimum absolute atomic E-state index is 0.189. The number of ether oxygens (including phenoxy) is 1. The number of carbonyl (C=O) groups excluding carboxylic acids is 2. The molecule has 1 saturated heterocycles. The number of esters is 1. The molecule has 3 rings (SSSR count). The topological polar surface area (TPSA) is 49.9 Å². The lowest BCUT2D eigenvalue weighted by atomic mass is 10.1. The number of benzene rings is 1. The van der Waals surface area contributed by atoms with Gasteiger partial charge < -0.3 is 14.5 Å². The molecule has 0 unspecified atom stereocenters. The van der Waals surface area contributed by atoms with Crippen molar-refractivity contribution in [2.75, 3.05) is 38.2 Å². The number of amides is 1. The summed E-state index contributed by atoms with van der Waals surface area (Å²) in [6.07, 6.45) is 0.483. The Labute approximate surface area is 145 Å². The third-order valence-electron chi connectivity index (χ3n) is 4.22. The van der Waals surface area contributed by atoms with E-state index in [2.05, 4.69) is 4.90 Å². The van der Waals surface area contributed by atoms with E-state index in [0.717, 1.165) is 37.4 Å². The van der Waals surface area contributed by atoms with E-state index in [9.17, 15) is 9.59 Å². The van der Waals surface area contributed by atoms with Gasteiger partial charge in [0.25, 0.3) is 0 Å². The van der Waals surface area contributed by atoms with Crippen LogP contribution in [0.15, 0.2) is 41.1 Å². The molecule has 0 radical (unpaired) electrons. The second-order valence-corrected chi connectivity index (χ2v) is 6.49. The molecule has 6 heteroatoms. The molecule has 2 aromatic rings. The van der Waals surface area contributed by atoms with Crippen LogP contribution in [0.1, 0.15) is 15.9 Å². The molecule has 0 bridgehead atoms. The fourth-order valence-corrected chi connectivity index (χ4v) is 3.49. The summed E-state index contributed by atoms with van der Waals surface area (Å²) in [5.74, 6) is -0.139. The number of carbonyl (C=O) groups is 2. The molecule has 1 aromatic carbocycles. The van der Waals surface area contributed by atoms with Gasteiger partial charge in [0.2, 0.25) is 5.91 Å². The van der Waals surface area contributed by atoms with Crippen molar-refractivity contribution in [2.45, 2.75) is 6.42 Å². The quantitative estimate of drug-likeness (QED) is 0.800. The van der Waals surface area contributed by atoms with Crippen LogP contribution < -0.4 is 4.90 Å². The van der Waals surface area contributed by atoms with Crippen molar-refractivity contribution in [3.63, 3.8) is 0 Å². The Morgan fingerprint density at radius 3 is 2.38 bits per heavy atom. The van der Waals surface area contributed by atoms with E-state index in [4.69, 9.17) is 4.74 Å². The van der Waals surface area contributed by atoms with Crippen LogP contribution in [-0.4, -0.2) is 50.1 Å². The zero-order chi connectivity index (χ0) is 16.9.